The number of nitro benzene ring substituents is 1. The van der Waals surface area contributed by atoms with Gasteiger partial charge in [0.1, 0.15) is 0 Å². The molecule has 0 saturated heterocycles. The quantitative estimate of drug-likeness (QED) is 0.382. The van der Waals surface area contributed by atoms with Gasteiger partial charge in [-0.1, -0.05) is 23.7 Å². The van der Waals surface area contributed by atoms with Crippen LogP contribution >= 0.6 is 11.6 Å². The second-order valence-corrected chi connectivity index (χ2v) is 4.75. The smallest absolute Gasteiger partial charge is 0.269 e. The highest BCUT2D eigenvalue weighted by Gasteiger charge is 2.02. The maximum absolute atomic E-state index is 10.5. The Morgan fingerprint density at radius 2 is 1.81 bits per heavy atom. The van der Waals surface area contributed by atoms with Gasteiger partial charge >= 0.3 is 0 Å². The van der Waals surface area contributed by atoms with Gasteiger partial charge in [0.2, 0.25) is 0 Å². The van der Waals surface area contributed by atoms with Crippen molar-refractivity contribution in [3.63, 3.8) is 0 Å². The lowest BCUT2D eigenvalue weighted by Gasteiger charge is -2.03. The molecule has 0 aliphatic heterocycles. The van der Waals surface area contributed by atoms with Crippen LogP contribution in [0.3, 0.4) is 0 Å². The second kappa shape index (κ2) is 7.40. The Labute approximate surface area is 127 Å². The van der Waals surface area contributed by atoms with Gasteiger partial charge < -0.3 is 5.32 Å². The van der Waals surface area contributed by atoms with Crippen LogP contribution in [0.4, 0.5) is 11.4 Å². The first-order chi connectivity index (χ1) is 10.1. The zero-order valence-corrected chi connectivity index (χ0v) is 12.0. The van der Waals surface area contributed by atoms with Crippen molar-refractivity contribution in [2.75, 3.05) is 18.4 Å². The van der Waals surface area contributed by atoms with Crippen molar-refractivity contribution in [2.45, 2.75) is 0 Å². The normalized spacial score (nSPS) is 10.7. The molecule has 0 fully saturated rings. The Balaban J connectivity index is 1.76. The van der Waals surface area contributed by atoms with Gasteiger partial charge in [-0.25, -0.2) is 0 Å². The third-order valence-corrected chi connectivity index (χ3v) is 3.01. The monoisotopic (exact) mass is 303 g/mol. The lowest BCUT2D eigenvalue weighted by molar-refractivity contribution is -0.384. The summed E-state index contributed by atoms with van der Waals surface area (Å²) in [6, 6.07) is 13.7. The number of nitrogens with one attached hydrogen (secondary N) is 1. The summed E-state index contributed by atoms with van der Waals surface area (Å²) in [6.45, 7) is 1.27. The summed E-state index contributed by atoms with van der Waals surface area (Å²) in [5, 5.41) is 14.4. The highest BCUT2D eigenvalue weighted by Crippen LogP contribution is 2.14. The number of hydrogen-bond acceptors (Lipinski definition) is 4. The average molecular weight is 304 g/mol. The van der Waals surface area contributed by atoms with E-state index in [0.717, 1.165) is 11.3 Å². The highest BCUT2D eigenvalue weighted by atomic mass is 35.5. The molecule has 0 radical (unpaired) electrons. The van der Waals surface area contributed by atoms with Crippen LogP contribution in [-0.4, -0.2) is 24.2 Å². The molecule has 5 nitrogen and oxygen atoms in total. The van der Waals surface area contributed by atoms with Crippen molar-refractivity contribution in [1.29, 1.82) is 0 Å². The van der Waals surface area contributed by atoms with Crippen molar-refractivity contribution < 1.29 is 4.92 Å². The third-order valence-electron chi connectivity index (χ3n) is 2.76. The Hall–Kier alpha value is -2.40. The van der Waals surface area contributed by atoms with E-state index in [4.69, 9.17) is 11.6 Å². The SMILES string of the molecule is O=[N+]([O-])c1ccc(NCCN=Cc2ccc(Cl)cc2)cc1. The molecule has 21 heavy (non-hydrogen) atoms. The summed E-state index contributed by atoms with van der Waals surface area (Å²) in [5.74, 6) is 0. The fourth-order valence-corrected chi connectivity index (χ4v) is 1.81. The van der Waals surface area contributed by atoms with Crippen LogP contribution in [-0.2, 0) is 0 Å². The number of nitro groups is 1. The van der Waals surface area contributed by atoms with Crippen molar-refractivity contribution in [1.82, 2.24) is 0 Å². The molecule has 0 aliphatic carbocycles. The van der Waals surface area contributed by atoms with Crippen LogP contribution in [0.15, 0.2) is 53.5 Å². The van der Waals surface area contributed by atoms with Crippen LogP contribution in [0.2, 0.25) is 5.02 Å². The third kappa shape index (κ3) is 4.89. The highest BCUT2D eigenvalue weighted by molar-refractivity contribution is 6.30. The summed E-state index contributed by atoms with van der Waals surface area (Å²) in [4.78, 5) is 14.4. The summed E-state index contributed by atoms with van der Waals surface area (Å²) in [6.07, 6.45) is 1.79. The Kier molecular flexibility index (Phi) is 5.29. The van der Waals surface area contributed by atoms with E-state index in [1.807, 2.05) is 24.3 Å². The van der Waals surface area contributed by atoms with Gasteiger partial charge in [-0.05, 0) is 29.8 Å². The fraction of sp³-hybridized carbons (Fsp3) is 0.133. The molecule has 0 heterocycles. The minimum absolute atomic E-state index is 0.0845. The molecule has 2 aromatic carbocycles. The van der Waals surface area contributed by atoms with E-state index in [1.54, 1.807) is 18.3 Å². The lowest BCUT2D eigenvalue weighted by atomic mass is 10.2. The van der Waals surface area contributed by atoms with E-state index in [2.05, 4.69) is 10.3 Å². The number of aliphatic imine (C=N–C) groups is 1. The zero-order chi connectivity index (χ0) is 15.1. The first-order valence-corrected chi connectivity index (χ1v) is 6.77. The molecule has 0 spiro atoms. The van der Waals surface area contributed by atoms with Gasteiger partial charge in [0.25, 0.3) is 5.69 Å². The molecule has 1 N–H and O–H groups in total. The number of anilines is 1. The maximum Gasteiger partial charge on any atom is 0.269 e. The molecule has 2 rings (SSSR count). The van der Waals surface area contributed by atoms with Crippen molar-refractivity contribution in [3.05, 3.63) is 69.2 Å². The average Bonchev–Trinajstić information content (AvgIpc) is 2.49. The minimum atomic E-state index is -0.416. The van der Waals surface area contributed by atoms with Gasteiger partial charge in [-0.15, -0.1) is 0 Å². The predicted octanol–water partition coefficient (Wildman–Crippen LogP) is 3.78. The van der Waals surface area contributed by atoms with Crippen LogP contribution in [0.25, 0.3) is 0 Å². The number of halogens is 1. The van der Waals surface area contributed by atoms with Crippen molar-refractivity contribution in [2.24, 2.45) is 4.99 Å². The minimum Gasteiger partial charge on any atom is -0.383 e. The molecule has 108 valence electrons. The fourth-order valence-electron chi connectivity index (χ4n) is 1.68. The van der Waals surface area contributed by atoms with Gasteiger partial charge in [-0.2, -0.15) is 0 Å². The Morgan fingerprint density at radius 1 is 1.14 bits per heavy atom. The summed E-state index contributed by atoms with van der Waals surface area (Å²) in [7, 11) is 0. The van der Waals surface area contributed by atoms with E-state index < -0.39 is 4.92 Å². The molecule has 0 unspecified atom stereocenters. The topological polar surface area (TPSA) is 67.5 Å². The van der Waals surface area contributed by atoms with Crippen LogP contribution in [0, 0.1) is 10.1 Å². The lowest BCUT2D eigenvalue weighted by Crippen LogP contribution is -2.04. The number of non-ortho nitro benzene ring substituents is 1. The van der Waals surface area contributed by atoms with E-state index in [9.17, 15) is 10.1 Å². The van der Waals surface area contributed by atoms with E-state index >= 15 is 0 Å². The standard InChI is InChI=1S/C15H14ClN3O2/c16-13-3-1-12(2-4-13)11-17-9-10-18-14-5-7-15(8-6-14)19(20)21/h1-8,11,18H,9-10H2. The number of hydrogen-bond donors (Lipinski definition) is 1. The first kappa shape index (κ1) is 15.0. The van der Waals surface area contributed by atoms with Crippen LogP contribution in [0.1, 0.15) is 5.56 Å². The largest absolute Gasteiger partial charge is 0.383 e. The first-order valence-electron chi connectivity index (χ1n) is 6.39. The molecule has 0 amide bonds. The van der Waals surface area contributed by atoms with Crippen molar-refractivity contribution >= 4 is 29.2 Å². The molecule has 0 aliphatic rings. The Morgan fingerprint density at radius 3 is 2.43 bits per heavy atom. The molecule has 6 heteroatoms. The summed E-state index contributed by atoms with van der Waals surface area (Å²) in [5.41, 5.74) is 1.92. The molecule has 2 aromatic rings. The molecular formula is C15H14ClN3O2. The molecule has 0 bridgehead atoms. The number of nitrogens with zero attached hydrogens (tertiary/aromatic N) is 2. The van der Waals surface area contributed by atoms with Crippen LogP contribution < -0.4 is 5.32 Å². The van der Waals surface area contributed by atoms with Gasteiger partial charge in [0, 0.05) is 35.6 Å². The van der Waals surface area contributed by atoms with Gasteiger partial charge in [0.05, 0.1) is 11.5 Å². The second-order valence-electron chi connectivity index (χ2n) is 4.32. The molecule has 0 aromatic heterocycles. The zero-order valence-electron chi connectivity index (χ0n) is 11.2. The Bertz CT molecular complexity index is 624. The number of rotatable bonds is 6. The van der Waals surface area contributed by atoms with E-state index in [0.29, 0.717) is 18.1 Å². The van der Waals surface area contributed by atoms with E-state index in [1.165, 1.54) is 12.1 Å². The molecule has 0 saturated carbocycles. The van der Waals surface area contributed by atoms with E-state index in [-0.39, 0.29) is 5.69 Å². The summed E-state index contributed by atoms with van der Waals surface area (Å²) >= 11 is 5.80. The van der Waals surface area contributed by atoms with Crippen molar-refractivity contribution in [3.8, 4) is 0 Å². The van der Waals surface area contributed by atoms with Gasteiger partial charge in [0.15, 0.2) is 0 Å². The molecule has 0 atom stereocenters. The number of benzene rings is 2. The van der Waals surface area contributed by atoms with Gasteiger partial charge in [-0.3, -0.25) is 15.1 Å². The van der Waals surface area contributed by atoms with Crippen LogP contribution in [0.5, 0.6) is 0 Å². The molecular weight excluding hydrogens is 290 g/mol. The maximum atomic E-state index is 10.5. The predicted molar refractivity (Wildman–Crippen MR) is 85.5 cm³/mol. The summed E-state index contributed by atoms with van der Waals surface area (Å²) < 4.78 is 0.